The fourth-order valence-corrected chi connectivity index (χ4v) is 3.21. The highest BCUT2D eigenvalue weighted by Gasteiger charge is 2.23. The minimum absolute atomic E-state index is 0.0740. The molecule has 21 heavy (non-hydrogen) atoms. The Bertz CT molecular complexity index is 603. The van der Waals surface area contributed by atoms with Crippen LogP contribution in [0.25, 0.3) is 0 Å². The zero-order valence-corrected chi connectivity index (χ0v) is 13.4. The topological polar surface area (TPSA) is 92.7 Å². The van der Waals surface area contributed by atoms with Crippen molar-refractivity contribution in [1.29, 1.82) is 0 Å². The molecule has 0 aromatic heterocycles. The Hall–Kier alpha value is -1.31. The predicted octanol–water partition coefficient (Wildman–Crippen LogP) is 2.13. The molecule has 0 amide bonds. The maximum absolute atomic E-state index is 12.2. The molecule has 0 aliphatic carbocycles. The monoisotopic (exact) mass is 335 g/mol. The molecule has 1 atom stereocenters. The molecule has 0 fully saturated rings. The summed E-state index contributed by atoms with van der Waals surface area (Å²) in [5.41, 5.74) is 0. The molecule has 1 unspecified atom stereocenters. The molecule has 0 bridgehead atoms. The number of hydrogen-bond acceptors (Lipinski definition) is 4. The third kappa shape index (κ3) is 4.87. The van der Waals surface area contributed by atoms with Gasteiger partial charge in [-0.05, 0) is 18.6 Å². The molecule has 8 heteroatoms. The van der Waals surface area contributed by atoms with Gasteiger partial charge >= 0.3 is 5.97 Å². The highest BCUT2D eigenvalue weighted by atomic mass is 35.5. The second-order valence-corrected chi connectivity index (χ2v) is 6.64. The molecule has 0 heterocycles. The fraction of sp³-hybridized carbons (Fsp3) is 0.462. The minimum atomic E-state index is -3.86. The molecule has 0 radical (unpaired) electrons. The Morgan fingerprint density at radius 1 is 1.48 bits per heavy atom. The van der Waals surface area contributed by atoms with Crippen molar-refractivity contribution in [3.8, 4) is 5.75 Å². The van der Waals surface area contributed by atoms with Gasteiger partial charge in [0.15, 0.2) is 0 Å². The molecule has 6 nitrogen and oxygen atoms in total. The molecule has 0 saturated carbocycles. The summed E-state index contributed by atoms with van der Waals surface area (Å²) < 4.78 is 31.8. The Balaban J connectivity index is 2.94. The number of aliphatic carboxylic acids is 1. The van der Waals surface area contributed by atoms with Crippen LogP contribution in [0.2, 0.25) is 5.02 Å². The maximum atomic E-state index is 12.2. The van der Waals surface area contributed by atoms with Crippen molar-refractivity contribution in [3.63, 3.8) is 0 Å². The van der Waals surface area contributed by atoms with E-state index in [1.165, 1.54) is 25.3 Å². The van der Waals surface area contributed by atoms with Crippen LogP contribution in [0, 0.1) is 5.92 Å². The van der Waals surface area contributed by atoms with Crippen LogP contribution in [0.1, 0.15) is 19.8 Å². The number of hydrogen-bond donors (Lipinski definition) is 2. The molecule has 1 rings (SSSR count). The molecule has 2 N–H and O–H groups in total. The summed E-state index contributed by atoms with van der Waals surface area (Å²) in [4.78, 5) is 11.0. The summed E-state index contributed by atoms with van der Waals surface area (Å²) in [6.45, 7) is 1.67. The Labute approximate surface area is 129 Å². The van der Waals surface area contributed by atoms with Crippen LogP contribution in [0.3, 0.4) is 0 Å². The van der Waals surface area contributed by atoms with Gasteiger partial charge in [-0.3, -0.25) is 4.79 Å². The van der Waals surface area contributed by atoms with E-state index >= 15 is 0 Å². The first kappa shape index (κ1) is 17.7. The number of methoxy groups -OCH3 is 1. The minimum Gasteiger partial charge on any atom is -0.495 e. The number of sulfonamides is 1. The van der Waals surface area contributed by atoms with E-state index in [0.717, 1.165) is 0 Å². The van der Waals surface area contributed by atoms with Crippen LogP contribution in [-0.2, 0) is 14.8 Å². The van der Waals surface area contributed by atoms with E-state index in [4.69, 9.17) is 21.4 Å². The van der Waals surface area contributed by atoms with Crippen molar-refractivity contribution in [3.05, 3.63) is 23.2 Å². The second kappa shape index (κ2) is 7.63. The van der Waals surface area contributed by atoms with Gasteiger partial charge in [-0.25, -0.2) is 13.1 Å². The van der Waals surface area contributed by atoms with Gasteiger partial charge in [-0.2, -0.15) is 0 Å². The van der Waals surface area contributed by atoms with Crippen LogP contribution in [-0.4, -0.2) is 33.1 Å². The van der Waals surface area contributed by atoms with Gasteiger partial charge in [0.2, 0.25) is 10.0 Å². The van der Waals surface area contributed by atoms with E-state index in [9.17, 15) is 13.2 Å². The van der Waals surface area contributed by atoms with Gasteiger partial charge in [0.1, 0.15) is 10.6 Å². The highest BCUT2D eigenvalue weighted by molar-refractivity contribution is 7.89. The van der Waals surface area contributed by atoms with Gasteiger partial charge in [0.25, 0.3) is 0 Å². The largest absolute Gasteiger partial charge is 0.495 e. The van der Waals surface area contributed by atoms with E-state index in [1.54, 1.807) is 0 Å². The first-order valence-electron chi connectivity index (χ1n) is 6.37. The van der Waals surface area contributed by atoms with Crippen molar-refractivity contribution in [1.82, 2.24) is 4.72 Å². The lowest BCUT2D eigenvalue weighted by Gasteiger charge is -2.14. The van der Waals surface area contributed by atoms with Gasteiger partial charge in [0.05, 0.1) is 13.0 Å². The Kier molecular flexibility index (Phi) is 6.44. The molecular weight excluding hydrogens is 318 g/mol. The normalized spacial score (nSPS) is 12.9. The van der Waals surface area contributed by atoms with Crippen molar-refractivity contribution in [2.24, 2.45) is 5.92 Å². The third-order valence-electron chi connectivity index (χ3n) is 2.92. The van der Waals surface area contributed by atoms with E-state index < -0.39 is 21.9 Å². The van der Waals surface area contributed by atoms with Crippen LogP contribution in [0.15, 0.2) is 23.1 Å². The van der Waals surface area contributed by atoms with Crippen LogP contribution in [0.5, 0.6) is 5.75 Å². The van der Waals surface area contributed by atoms with E-state index in [-0.39, 0.29) is 17.2 Å². The number of nitrogens with one attached hydrogen (secondary N) is 1. The number of ether oxygens (including phenoxy) is 1. The maximum Gasteiger partial charge on any atom is 0.307 e. The first-order chi connectivity index (χ1) is 9.81. The molecule has 0 aliphatic rings. The molecule has 0 spiro atoms. The summed E-state index contributed by atoms with van der Waals surface area (Å²) in [5.74, 6) is -1.68. The lowest BCUT2D eigenvalue weighted by atomic mass is 10.1. The molecule has 0 aliphatic heterocycles. The molecule has 0 saturated heterocycles. The highest BCUT2D eigenvalue weighted by Crippen LogP contribution is 2.27. The number of halogens is 1. The number of benzene rings is 1. The van der Waals surface area contributed by atoms with E-state index in [2.05, 4.69) is 4.72 Å². The predicted molar refractivity (Wildman–Crippen MR) is 79.2 cm³/mol. The molecule has 118 valence electrons. The summed E-state index contributed by atoms with van der Waals surface area (Å²) in [5, 5.41) is 9.38. The number of carboxylic acids is 1. The SMILES string of the molecule is CCCC(CNS(=O)(=O)c1ccc(Cl)cc1OC)C(=O)O. The van der Waals surface area contributed by atoms with Gasteiger partial charge < -0.3 is 9.84 Å². The van der Waals surface area contributed by atoms with E-state index in [0.29, 0.717) is 17.9 Å². The van der Waals surface area contributed by atoms with Crippen molar-refractivity contribution >= 4 is 27.6 Å². The van der Waals surface area contributed by atoms with Crippen LogP contribution >= 0.6 is 11.6 Å². The Morgan fingerprint density at radius 2 is 2.14 bits per heavy atom. The van der Waals surface area contributed by atoms with Crippen molar-refractivity contribution < 1.29 is 23.1 Å². The lowest BCUT2D eigenvalue weighted by Crippen LogP contribution is -2.33. The number of carbonyl (C=O) groups is 1. The average molecular weight is 336 g/mol. The standard InChI is InChI=1S/C13H18ClNO5S/c1-3-4-9(13(16)17)8-15-21(18,19)12-6-5-10(14)7-11(12)20-2/h5-7,9,15H,3-4,8H2,1-2H3,(H,16,17). The quantitative estimate of drug-likeness (QED) is 0.759. The second-order valence-electron chi connectivity index (χ2n) is 4.47. The summed E-state index contributed by atoms with van der Waals surface area (Å²) in [7, 11) is -2.53. The smallest absolute Gasteiger partial charge is 0.307 e. The van der Waals surface area contributed by atoms with Gasteiger partial charge in [-0.1, -0.05) is 24.9 Å². The summed E-state index contributed by atoms with van der Waals surface area (Å²) in [6.07, 6.45) is 1.05. The molecule has 1 aromatic carbocycles. The van der Waals surface area contributed by atoms with Gasteiger partial charge in [0, 0.05) is 17.6 Å². The van der Waals surface area contributed by atoms with Crippen LogP contribution in [0.4, 0.5) is 0 Å². The Morgan fingerprint density at radius 3 is 2.67 bits per heavy atom. The number of rotatable bonds is 8. The zero-order valence-electron chi connectivity index (χ0n) is 11.8. The summed E-state index contributed by atoms with van der Waals surface area (Å²) >= 11 is 5.78. The average Bonchev–Trinajstić information content (AvgIpc) is 2.42. The van der Waals surface area contributed by atoms with E-state index in [1.807, 2.05) is 6.92 Å². The molecular formula is C13H18ClNO5S. The zero-order chi connectivity index (χ0) is 16.0. The fourth-order valence-electron chi connectivity index (χ4n) is 1.81. The van der Waals surface area contributed by atoms with Crippen molar-refractivity contribution in [2.75, 3.05) is 13.7 Å². The number of carboxylic acid groups (broad SMARTS) is 1. The first-order valence-corrected chi connectivity index (χ1v) is 8.24. The van der Waals surface area contributed by atoms with Crippen LogP contribution < -0.4 is 9.46 Å². The molecule has 1 aromatic rings. The third-order valence-corrected chi connectivity index (χ3v) is 4.62. The lowest BCUT2D eigenvalue weighted by molar-refractivity contribution is -0.141. The van der Waals surface area contributed by atoms with Gasteiger partial charge in [-0.15, -0.1) is 0 Å². The summed E-state index contributed by atoms with van der Waals surface area (Å²) in [6, 6.07) is 4.13. The van der Waals surface area contributed by atoms with Crippen molar-refractivity contribution in [2.45, 2.75) is 24.7 Å².